The zero-order valence-corrected chi connectivity index (χ0v) is 12.2. The van der Waals surface area contributed by atoms with E-state index < -0.39 is 0 Å². The molecule has 2 atom stereocenters. The summed E-state index contributed by atoms with van der Waals surface area (Å²) in [5.41, 5.74) is 1.17. The van der Waals surface area contributed by atoms with Gasteiger partial charge in [0.15, 0.2) is 0 Å². The van der Waals surface area contributed by atoms with E-state index in [1.807, 2.05) is 18.2 Å². The molecule has 0 N–H and O–H groups in total. The largest absolute Gasteiger partial charge is 0.382 e. The average Bonchev–Trinajstić information content (AvgIpc) is 2.80. The average molecular weight is 315 g/mol. The Hall–Kier alpha value is -0.420. The third kappa shape index (κ3) is 4.05. The van der Waals surface area contributed by atoms with Crippen LogP contribution in [0.1, 0.15) is 18.4 Å². The first-order chi connectivity index (χ1) is 8.79. The van der Waals surface area contributed by atoms with Crippen molar-refractivity contribution in [1.29, 1.82) is 0 Å². The molecule has 0 saturated carbocycles. The number of halogens is 1. The summed E-state index contributed by atoms with van der Waals surface area (Å²) in [5, 5.41) is 0. The first-order valence-corrected chi connectivity index (χ1v) is 7.04. The molecule has 1 saturated heterocycles. The minimum atomic E-state index is 0.215. The fourth-order valence-corrected chi connectivity index (χ4v) is 2.53. The van der Waals surface area contributed by atoms with Gasteiger partial charge in [-0.05, 0) is 24.5 Å². The van der Waals surface area contributed by atoms with Gasteiger partial charge in [0.05, 0.1) is 32.0 Å². The highest BCUT2D eigenvalue weighted by molar-refractivity contribution is 9.10. The second-order valence-corrected chi connectivity index (χ2v) is 5.37. The summed E-state index contributed by atoms with van der Waals surface area (Å²) in [7, 11) is 1.71. The Morgan fingerprint density at radius 2 is 1.94 bits per heavy atom. The van der Waals surface area contributed by atoms with Crippen molar-refractivity contribution in [2.45, 2.75) is 31.7 Å². The third-order valence-electron chi connectivity index (χ3n) is 3.07. The van der Waals surface area contributed by atoms with Gasteiger partial charge in [0.1, 0.15) is 0 Å². The van der Waals surface area contributed by atoms with E-state index in [1.165, 1.54) is 5.56 Å². The highest BCUT2D eigenvalue weighted by Gasteiger charge is 2.25. The fraction of sp³-hybridized carbons (Fsp3) is 0.571. The highest BCUT2D eigenvalue weighted by Crippen LogP contribution is 2.21. The lowest BCUT2D eigenvalue weighted by Crippen LogP contribution is -2.19. The van der Waals surface area contributed by atoms with Gasteiger partial charge in [-0.25, -0.2) is 0 Å². The van der Waals surface area contributed by atoms with Crippen molar-refractivity contribution < 1.29 is 14.2 Å². The first-order valence-electron chi connectivity index (χ1n) is 6.25. The van der Waals surface area contributed by atoms with Crippen LogP contribution in [0.25, 0.3) is 0 Å². The Bertz CT molecular complexity index is 370. The van der Waals surface area contributed by atoms with E-state index in [9.17, 15) is 0 Å². The highest BCUT2D eigenvalue weighted by atomic mass is 79.9. The van der Waals surface area contributed by atoms with Gasteiger partial charge in [-0.3, -0.25) is 0 Å². The maximum Gasteiger partial charge on any atom is 0.0814 e. The zero-order valence-electron chi connectivity index (χ0n) is 10.6. The Kier molecular flexibility index (Phi) is 5.63. The number of rotatable bonds is 6. The van der Waals surface area contributed by atoms with Gasteiger partial charge in [-0.2, -0.15) is 0 Å². The topological polar surface area (TPSA) is 27.7 Å². The van der Waals surface area contributed by atoms with Crippen molar-refractivity contribution in [2.24, 2.45) is 0 Å². The standard InChI is InChI=1S/C14H19BrO3/c1-16-9-12-6-7-13(18-12)10-17-8-11-4-2-3-5-14(11)15/h2-5,12-13H,6-10H2,1H3. The molecule has 18 heavy (non-hydrogen) atoms. The van der Waals surface area contributed by atoms with E-state index in [2.05, 4.69) is 22.0 Å². The number of methoxy groups -OCH3 is 1. The Labute approximate surface area is 117 Å². The molecule has 1 aromatic rings. The lowest BCUT2D eigenvalue weighted by atomic mass is 10.2. The second-order valence-electron chi connectivity index (χ2n) is 4.52. The molecule has 1 aromatic carbocycles. The van der Waals surface area contributed by atoms with Crippen LogP contribution in [0.3, 0.4) is 0 Å². The Morgan fingerprint density at radius 1 is 1.22 bits per heavy atom. The van der Waals surface area contributed by atoms with Crippen molar-refractivity contribution in [3.8, 4) is 0 Å². The summed E-state index contributed by atoms with van der Waals surface area (Å²) in [6.07, 6.45) is 2.58. The molecule has 0 aliphatic carbocycles. The lowest BCUT2D eigenvalue weighted by molar-refractivity contribution is -0.0414. The fourth-order valence-electron chi connectivity index (χ4n) is 2.13. The van der Waals surface area contributed by atoms with E-state index in [0.29, 0.717) is 19.8 Å². The van der Waals surface area contributed by atoms with Crippen LogP contribution in [0, 0.1) is 0 Å². The summed E-state index contributed by atoms with van der Waals surface area (Å²) in [5.74, 6) is 0. The molecule has 1 aliphatic rings. The summed E-state index contributed by atoms with van der Waals surface area (Å²) in [6, 6.07) is 8.11. The molecule has 4 heteroatoms. The SMILES string of the molecule is COCC1CCC(COCc2ccccc2Br)O1. The summed E-state index contributed by atoms with van der Waals surface area (Å²) >= 11 is 3.51. The minimum Gasteiger partial charge on any atom is -0.382 e. The van der Waals surface area contributed by atoms with Gasteiger partial charge in [0, 0.05) is 11.6 Å². The smallest absolute Gasteiger partial charge is 0.0814 e. The number of hydrogen-bond donors (Lipinski definition) is 0. The van der Waals surface area contributed by atoms with E-state index in [1.54, 1.807) is 7.11 Å². The predicted octanol–water partition coefficient (Wildman–Crippen LogP) is 3.16. The van der Waals surface area contributed by atoms with Crippen LogP contribution in [0.15, 0.2) is 28.7 Å². The molecule has 0 bridgehead atoms. The molecule has 1 fully saturated rings. The van der Waals surface area contributed by atoms with Crippen LogP contribution >= 0.6 is 15.9 Å². The van der Waals surface area contributed by atoms with Gasteiger partial charge in [0.25, 0.3) is 0 Å². The van der Waals surface area contributed by atoms with Gasteiger partial charge in [-0.15, -0.1) is 0 Å². The van der Waals surface area contributed by atoms with E-state index in [0.717, 1.165) is 17.3 Å². The zero-order chi connectivity index (χ0) is 12.8. The van der Waals surface area contributed by atoms with Crippen molar-refractivity contribution in [1.82, 2.24) is 0 Å². The van der Waals surface area contributed by atoms with Crippen LogP contribution < -0.4 is 0 Å². The lowest BCUT2D eigenvalue weighted by Gasteiger charge is -2.13. The maximum atomic E-state index is 5.81. The summed E-state index contributed by atoms with van der Waals surface area (Å²) < 4.78 is 17.7. The summed E-state index contributed by atoms with van der Waals surface area (Å²) in [4.78, 5) is 0. The Morgan fingerprint density at radius 3 is 2.67 bits per heavy atom. The molecule has 0 amide bonds. The molecule has 1 aliphatic heterocycles. The van der Waals surface area contributed by atoms with E-state index >= 15 is 0 Å². The van der Waals surface area contributed by atoms with Crippen LogP contribution in [0.5, 0.6) is 0 Å². The third-order valence-corrected chi connectivity index (χ3v) is 3.84. The number of ether oxygens (including phenoxy) is 3. The van der Waals surface area contributed by atoms with Crippen molar-refractivity contribution >= 4 is 15.9 Å². The monoisotopic (exact) mass is 314 g/mol. The van der Waals surface area contributed by atoms with Gasteiger partial charge >= 0.3 is 0 Å². The van der Waals surface area contributed by atoms with Crippen LogP contribution in [-0.4, -0.2) is 32.5 Å². The number of benzene rings is 1. The van der Waals surface area contributed by atoms with E-state index in [4.69, 9.17) is 14.2 Å². The second kappa shape index (κ2) is 7.24. The van der Waals surface area contributed by atoms with Gasteiger partial charge in [-0.1, -0.05) is 34.1 Å². The molecule has 1 heterocycles. The quantitative estimate of drug-likeness (QED) is 0.807. The number of hydrogen-bond acceptors (Lipinski definition) is 3. The van der Waals surface area contributed by atoms with Crippen LogP contribution in [0.2, 0.25) is 0 Å². The molecule has 3 nitrogen and oxygen atoms in total. The van der Waals surface area contributed by atoms with E-state index in [-0.39, 0.29) is 12.2 Å². The molecular formula is C14H19BrO3. The minimum absolute atomic E-state index is 0.215. The Balaban J connectivity index is 1.69. The van der Waals surface area contributed by atoms with Crippen molar-refractivity contribution in [3.63, 3.8) is 0 Å². The molecular weight excluding hydrogens is 296 g/mol. The van der Waals surface area contributed by atoms with Gasteiger partial charge < -0.3 is 14.2 Å². The molecule has 100 valence electrons. The first kappa shape index (κ1) is 14.0. The van der Waals surface area contributed by atoms with Crippen molar-refractivity contribution in [2.75, 3.05) is 20.3 Å². The maximum absolute atomic E-state index is 5.81. The normalized spacial score (nSPS) is 23.4. The molecule has 0 radical (unpaired) electrons. The molecule has 0 spiro atoms. The van der Waals surface area contributed by atoms with Gasteiger partial charge in [0.2, 0.25) is 0 Å². The predicted molar refractivity (Wildman–Crippen MR) is 73.6 cm³/mol. The molecule has 0 aromatic heterocycles. The van der Waals surface area contributed by atoms with Crippen LogP contribution in [-0.2, 0) is 20.8 Å². The molecule has 2 rings (SSSR count). The molecule has 2 unspecified atom stereocenters. The van der Waals surface area contributed by atoms with Crippen LogP contribution in [0.4, 0.5) is 0 Å². The van der Waals surface area contributed by atoms with Crippen molar-refractivity contribution in [3.05, 3.63) is 34.3 Å². The summed E-state index contributed by atoms with van der Waals surface area (Å²) in [6.45, 7) is 1.96.